The second-order valence-corrected chi connectivity index (χ2v) is 9.32. The molecule has 2 heterocycles. The normalized spacial score (nSPS) is 51.6. The Balaban J connectivity index is 1.86. The van der Waals surface area contributed by atoms with E-state index in [1.807, 2.05) is 0 Å². The van der Waals surface area contributed by atoms with Crippen LogP contribution in [0.15, 0.2) is 11.1 Å². The molecule has 0 radical (unpaired) electrons. The Bertz CT molecular complexity index is 492. The Morgan fingerprint density at radius 1 is 1.00 bits per heavy atom. The highest BCUT2D eigenvalue weighted by atomic mass is 16.5. The van der Waals surface area contributed by atoms with Gasteiger partial charge in [-0.1, -0.05) is 40.5 Å². The third-order valence-corrected chi connectivity index (χ3v) is 7.99. The zero-order chi connectivity index (χ0) is 15.0. The third kappa shape index (κ3) is 1.47. The first-order chi connectivity index (χ1) is 9.84. The number of fused-ring (bicyclic) bond motifs is 1. The summed E-state index contributed by atoms with van der Waals surface area (Å²) >= 11 is 0. The van der Waals surface area contributed by atoms with Gasteiger partial charge in [0.05, 0.1) is 11.7 Å². The monoisotopic (exact) mass is 288 g/mol. The standard InChI is InChI=1S/C20H32O/c1-13-8-10-19(11-9-13)18(4,5)17-15(3)16-7-6-14(2)12-20(16,19)21-17/h13-14,17H,6-12H2,1-5H3. The molecule has 0 aromatic carbocycles. The molecular formula is C20H32O. The van der Waals surface area contributed by atoms with E-state index < -0.39 is 0 Å². The van der Waals surface area contributed by atoms with Crippen LogP contribution in [-0.2, 0) is 4.74 Å². The van der Waals surface area contributed by atoms with Crippen molar-refractivity contribution in [2.75, 3.05) is 0 Å². The summed E-state index contributed by atoms with van der Waals surface area (Å²) in [6.07, 6.45) is 9.94. The summed E-state index contributed by atoms with van der Waals surface area (Å²) in [7, 11) is 0. The fourth-order valence-electron chi connectivity index (χ4n) is 6.75. The lowest BCUT2D eigenvalue weighted by Crippen LogP contribution is -2.57. The molecule has 2 spiro atoms. The molecule has 2 aliphatic carbocycles. The maximum atomic E-state index is 6.92. The maximum Gasteiger partial charge on any atom is 0.0968 e. The van der Waals surface area contributed by atoms with E-state index in [-0.39, 0.29) is 5.60 Å². The van der Waals surface area contributed by atoms with E-state index in [0.29, 0.717) is 16.9 Å². The van der Waals surface area contributed by atoms with E-state index in [1.165, 1.54) is 44.9 Å². The van der Waals surface area contributed by atoms with E-state index >= 15 is 0 Å². The highest BCUT2D eigenvalue weighted by molar-refractivity contribution is 5.44. The Morgan fingerprint density at radius 3 is 2.33 bits per heavy atom. The first-order valence-electron chi connectivity index (χ1n) is 9.22. The second kappa shape index (κ2) is 4.16. The second-order valence-electron chi connectivity index (χ2n) is 9.32. The summed E-state index contributed by atoms with van der Waals surface area (Å²) in [4.78, 5) is 0. The predicted molar refractivity (Wildman–Crippen MR) is 87.2 cm³/mol. The van der Waals surface area contributed by atoms with Gasteiger partial charge in [-0.05, 0) is 62.0 Å². The van der Waals surface area contributed by atoms with Gasteiger partial charge in [0.2, 0.25) is 0 Å². The van der Waals surface area contributed by atoms with Crippen molar-refractivity contribution >= 4 is 0 Å². The van der Waals surface area contributed by atoms with Crippen LogP contribution >= 0.6 is 0 Å². The van der Waals surface area contributed by atoms with E-state index in [0.717, 1.165) is 11.8 Å². The van der Waals surface area contributed by atoms with Crippen LogP contribution in [0.4, 0.5) is 0 Å². The van der Waals surface area contributed by atoms with Crippen LogP contribution in [0.5, 0.6) is 0 Å². The van der Waals surface area contributed by atoms with Crippen molar-refractivity contribution in [2.24, 2.45) is 22.7 Å². The minimum absolute atomic E-state index is 0.114. The minimum atomic E-state index is 0.114. The van der Waals surface area contributed by atoms with Crippen LogP contribution in [0, 0.1) is 22.7 Å². The first kappa shape index (κ1) is 14.3. The quantitative estimate of drug-likeness (QED) is 0.535. The largest absolute Gasteiger partial charge is 0.362 e. The highest BCUT2D eigenvalue weighted by Crippen LogP contribution is 2.74. The maximum absolute atomic E-state index is 6.92. The van der Waals surface area contributed by atoms with Crippen molar-refractivity contribution < 1.29 is 4.74 Å². The summed E-state index contributed by atoms with van der Waals surface area (Å²) in [6, 6.07) is 0. The zero-order valence-corrected chi connectivity index (χ0v) is 14.6. The SMILES string of the molecule is CC1=C2CCC(C)CC23OC1C(C)(C)C31CCC(C)CC1. The van der Waals surface area contributed by atoms with Gasteiger partial charge in [-0.2, -0.15) is 0 Å². The Morgan fingerprint density at radius 2 is 1.67 bits per heavy atom. The number of hydrogen-bond acceptors (Lipinski definition) is 1. The van der Waals surface area contributed by atoms with Gasteiger partial charge in [-0.15, -0.1) is 0 Å². The van der Waals surface area contributed by atoms with Gasteiger partial charge >= 0.3 is 0 Å². The fraction of sp³-hybridized carbons (Fsp3) is 0.900. The molecule has 2 bridgehead atoms. The number of rotatable bonds is 0. The van der Waals surface area contributed by atoms with Gasteiger partial charge < -0.3 is 4.74 Å². The van der Waals surface area contributed by atoms with Gasteiger partial charge in [0.25, 0.3) is 0 Å². The molecule has 0 amide bonds. The molecule has 2 saturated carbocycles. The lowest BCUT2D eigenvalue weighted by molar-refractivity contribution is -0.0883. The molecule has 4 rings (SSSR count). The molecular weight excluding hydrogens is 256 g/mol. The molecule has 0 aromatic heterocycles. The molecule has 0 N–H and O–H groups in total. The van der Waals surface area contributed by atoms with Gasteiger partial charge in [-0.3, -0.25) is 0 Å². The highest BCUT2D eigenvalue weighted by Gasteiger charge is 2.74. The van der Waals surface area contributed by atoms with Gasteiger partial charge in [0.15, 0.2) is 0 Å². The first-order valence-corrected chi connectivity index (χ1v) is 9.22. The van der Waals surface area contributed by atoms with Crippen molar-refractivity contribution in [3.05, 3.63) is 11.1 Å². The van der Waals surface area contributed by atoms with Crippen molar-refractivity contribution in [2.45, 2.75) is 91.3 Å². The summed E-state index contributed by atoms with van der Waals surface area (Å²) in [5, 5.41) is 0. The van der Waals surface area contributed by atoms with E-state index in [4.69, 9.17) is 4.74 Å². The average Bonchev–Trinajstić information content (AvgIpc) is 2.81. The predicted octanol–water partition coefficient (Wildman–Crippen LogP) is 5.50. The molecule has 2 aliphatic heterocycles. The molecule has 1 heteroatoms. The smallest absolute Gasteiger partial charge is 0.0968 e. The topological polar surface area (TPSA) is 9.23 Å². The average molecular weight is 288 g/mol. The van der Waals surface area contributed by atoms with Crippen molar-refractivity contribution in [3.63, 3.8) is 0 Å². The van der Waals surface area contributed by atoms with Gasteiger partial charge in [0, 0.05) is 10.8 Å². The summed E-state index contributed by atoms with van der Waals surface area (Å²) < 4.78 is 6.92. The van der Waals surface area contributed by atoms with E-state index in [1.54, 1.807) is 11.1 Å². The van der Waals surface area contributed by atoms with Crippen LogP contribution in [-0.4, -0.2) is 11.7 Å². The summed E-state index contributed by atoms with van der Waals surface area (Å²) in [5.74, 6) is 1.74. The molecule has 4 aliphatic rings. The van der Waals surface area contributed by atoms with Crippen LogP contribution in [0.25, 0.3) is 0 Å². The molecule has 0 aromatic rings. The van der Waals surface area contributed by atoms with Crippen molar-refractivity contribution in [1.82, 2.24) is 0 Å². The molecule has 3 fully saturated rings. The molecule has 21 heavy (non-hydrogen) atoms. The summed E-state index contributed by atoms with van der Waals surface area (Å²) in [5.41, 5.74) is 4.19. The lowest BCUT2D eigenvalue weighted by Gasteiger charge is -2.58. The van der Waals surface area contributed by atoms with Crippen LogP contribution in [0.1, 0.15) is 79.6 Å². The number of hydrogen-bond donors (Lipinski definition) is 0. The molecule has 118 valence electrons. The van der Waals surface area contributed by atoms with Crippen LogP contribution < -0.4 is 0 Å². The Labute approximate surface area is 130 Å². The van der Waals surface area contributed by atoms with Gasteiger partial charge in [0.1, 0.15) is 0 Å². The van der Waals surface area contributed by atoms with Crippen LogP contribution in [0.3, 0.4) is 0 Å². The Kier molecular flexibility index (Phi) is 2.83. The van der Waals surface area contributed by atoms with E-state index in [2.05, 4.69) is 34.6 Å². The molecule has 1 nitrogen and oxygen atoms in total. The minimum Gasteiger partial charge on any atom is -0.362 e. The van der Waals surface area contributed by atoms with E-state index in [9.17, 15) is 0 Å². The van der Waals surface area contributed by atoms with Crippen LogP contribution in [0.2, 0.25) is 0 Å². The lowest BCUT2D eigenvalue weighted by atomic mass is 9.44. The zero-order valence-electron chi connectivity index (χ0n) is 14.6. The van der Waals surface area contributed by atoms with Gasteiger partial charge in [-0.25, -0.2) is 0 Å². The molecule has 3 atom stereocenters. The summed E-state index contributed by atoms with van der Waals surface area (Å²) in [6.45, 7) is 12.3. The third-order valence-electron chi connectivity index (χ3n) is 7.99. The molecule has 3 unspecified atom stereocenters. The van der Waals surface area contributed by atoms with Crippen molar-refractivity contribution in [1.29, 1.82) is 0 Å². The number of ether oxygens (including phenoxy) is 1. The fourth-order valence-corrected chi connectivity index (χ4v) is 6.75. The molecule has 1 saturated heterocycles. The van der Waals surface area contributed by atoms with Crippen molar-refractivity contribution in [3.8, 4) is 0 Å². The Hall–Kier alpha value is -0.300.